The van der Waals surface area contributed by atoms with Crippen molar-refractivity contribution >= 4 is 11.6 Å². The van der Waals surface area contributed by atoms with Crippen LogP contribution in [0.25, 0.3) is 0 Å². The van der Waals surface area contributed by atoms with Crippen LogP contribution in [0.15, 0.2) is 18.2 Å². The van der Waals surface area contributed by atoms with Gasteiger partial charge in [-0.1, -0.05) is 17.7 Å². The Morgan fingerprint density at radius 2 is 2.08 bits per heavy atom. The van der Waals surface area contributed by atoms with E-state index in [2.05, 4.69) is 0 Å². The van der Waals surface area contributed by atoms with Gasteiger partial charge >= 0.3 is 0 Å². The average molecular weight is 188 g/mol. The van der Waals surface area contributed by atoms with Crippen molar-refractivity contribution in [1.82, 2.24) is 0 Å². The summed E-state index contributed by atoms with van der Waals surface area (Å²) < 4.78 is 24.1. The van der Waals surface area contributed by atoms with Gasteiger partial charge in [0.05, 0.1) is 10.6 Å². The van der Waals surface area contributed by atoms with Crippen LogP contribution in [0.3, 0.4) is 0 Å². The molecule has 4 heteroatoms. The van der Waals surface area contributed by atoms with Crippen LogP contribution in [-0.4, -0.2) is 0 Å². The molecule has 0 N–H and O–H groups in total. The largest absolute Gasteiger partial charge is 0.263 e. The van der Waals surface area contributed by atoms with Crippen LogP contribution in [0, 0.1) is 11.3 Å². The van der Waals surface area contributed by atoms with E-state index >= 15 is 0 Å². The molecule has 62 valence electrons. The number of alkyl halides is 2. The first-order valence-corrected chi connectivity index (χ1v) is 3.50. The maximum Gasteiger partial charge on any atom is 0.263 e. The van der Waals surface area contributed by atoms with Crippen LogP contribution in [-0.2, 0) is 0 Å². The molecule has 0 unspecified atom stereocenters. The highest BCUT2D eigenvalue weighted by Gasteiger charge is 2.08. The molecule has 0 amide bonds. The summed E-state index contributed by atoms with van der Waals surface area (Å²) >= 11 is 5.52. The van der Waals surface area contributed by atoms with Crippen LogP contribution in [0.2, 0.25) is 5.02 Å². The first kappa shape index (κ1) is 8.95. The lowest BCUT2D eigenvalue weighted by atomic mass is 10.1. The van der Waals surface area contributed by atoms with Crippen LogP contribution in [0.4, 0.5) is 8.78 Å². The fraction of sp³-hybridized carbons (Fsp3) is 0.125. The lowest BCUT2D eigenvalue weighted by Gasteiger charge is -2.00. The van der Waals surface area contributed by atoms with Gasteiger partial charge in [-0.15, -0.1) is 0 Å². The number of hydrogen-bond donors (Lipinski definition) is 0. The van der Waals surface area contributed by atoms with Crippen molar-refractivity contribution in [3.8, 4) is 6.07 Å². The highest BCUT2D eigenvalue weighted by molar-refractivity contribution is 6.31. The molecular formula is C8H4ClF2N. The van der Waals surface area contributed by atoms with Gasteiger partial charge in [-0.05, 0) is 12.1 Å². The summed E-state index contributed by atoms with van der Waals surface area (Å²) in [5.74, 6) is 0. The molecule has 0 saturated carbocycles. The van der Waals surface area contributed by atoms with E-state index in [0.29, 0.717) is 0 Å². The normalized spacial score (nSPS) is 9.92. The molecule has 0 heterocycles. The van der Waals surface area contributed by atoms with Gasteiger partial charge in [-0.2, -0.15) is 5.26 Å². The average Bonchev–Trinajstić information content (AvgIpc) is 2.04. The number of benzene rings is 1. The minimum absolute atomic E-state index is 0.0651. The smallest absolute Gasteiger partial charge is 0.205 e. The van der Waals surface area contributed by atoms with Gasteiger partial charge in [0.15, 0.2) is 0 Å². The van der Waals surface area contributed by atoms with E-state index in [4.69, 9.17) is 16.9 Å². The molecule has 0 aliphatic heterocycles. The van der Waals surface area contributed by atoms with Crippen molar-refractivity contribution < 1.29 is 8.78 Å². The number of nitrogens with zero attached hydrogens (tertiary/aromatic N) is 1. The Balaban J connectivity index is 3.12. The Morgan fingerprint density at radius 3 is 2.50 bits per heavy atom. The second-order valence-electron chi connectivity index (χ2n) is 2.15. The predicted octanol–water partition coefficient (Wildman–Crippen LogP) is 3.15. The SMILES string of the molecule is N#Cc1ccc(C(F)F)cc1Cl. The molecular weight excluding hydrogens is 184 g/mol. The Hall–Kier alpha value is -1.14. The predicted molar refractivity (Wildman–Crippen MR) is 41.1 cm³/mol. The van der Waals surface area contributed by atoms with Gasteiger partial charge in [0.1, 0.15) is 6.07 Å². The number of halogens is 3. The standard InChI is InChI=1S/C8H4ClF2N/c9-7-3-5(8(10)11)1-2-6(7)4-12/h1-3,8H. The van der Waals surface area contributed by atoms with Crippen molar-refractivity contribution in [3.63, 3.8) is 0 Å². The van der Waals surface area contributed by atoms with E-state index in [1.54, 1.807) is 6.07 Å². The molecule has 1 aromatic rings. The summed E-state index contributed by atoms with van der Waals surface area (Å²) in [6, 6.07) is 5.36. The second-order valence-corrected chi connectivity index (χ2v) is 2.56. The first-order valence-electron chi connectivity index (χ1n) is 3.13. The minimum atomic E-state index is -2.55. The molecule has 1 nitrogen and oxygen atoms in total. The van der Waals surface area contributed by atoms with Gasteiger partial charge < -0.3 is 0 Å². The second kappa shape index (κ2) is 3.51. The summed E-state index contributed by atoms with van der Waals surface area (Å²) in [6.45, 7) is 0. The number of hydrogen-bond acceptors (Lipinski definition) is 1. The van der Waals surface area contributed by atoms with Crippen LogP contribution in [0.1, 0.15) is 17.6 Å². The summed E-state index contributed by atoms with van der Waals surface area (Å²) in [6.07, 6.45) is -2.55. The van der Waals surface area contributed by atoms with Crippen LogP contribution < -0.4 is 0 Å². The zero-order chi connectivity index (χ0) is 9.14. The Bertz CT molecular complexity index is 330. The maximum atomic E-state index is 12.0. The van der Waals surface area contributed by atoms with E-state index < -0.39 is 6.43 Å². The van der Waals surface area contributed by atoms with E-state index in [0.717, 1.165) is 6.07 Å². The first-order chi connectivity index (χ1) is 5.65. The molecule has 0 atom stereocenters. The molecule has 0 aromatic heterocycles. The third-order valence-corrected chi connectivity index (χ3v) is 1.68. The Kier molecular flexibility index (Phi) is 2.61. The number of nitriles is 1. The monoisotopic (exact) mass is 187 g/mol. The van der Waals surface area contributed by atoms with Crippen molar-refractivity contribution in [3.05, 3.63) is 34.3 Å². The topological polar surface area (TPSA) is 23.8 Å². The number of rotatable bonds is 1. The fourth-order valence-corrected chi connectivity index (χ4v) is 0.989. The lowest BCUT2D eigenvalue weighted by molar-refractivity contribution is 0.151. The van der Waals surface area contributed by atoms with Gasteiger partial charge in [0.2, 0.25) is 0 Å². The summed E-state index contributed by atoms with van der Waals surface area (Å²) in [5, 5.41) is 8.49. The summed E-state index contributed by atoms with van der Waals surface area (Å²) in [4.78, 5) is 0. The molecule has 0 aliphatic carbocycles. The van der Waals surface area contributed by atoms with E-state index in [1.165, 1.54) is 12.1 Å². The molecule has 0 spiro atoms. The van der Waals surface area contributed by atoms with E-state index in [9.17, 15) is 8.78 Å². The third-order valence-electron chi connectivity index (χ3n) is 1.37. The highest BCUT2D eigenvalue weighted by Crippen LogP contribution is 2.24. The highest BCUT2D eigenvalue weighted by atomic mass is 35.5. The van der Waals surface area contributed by atoms with Crippen molar-refractivity contribution in [2.45, 2.75) is 6.43 Å². The zero-order valence-electron chi connectivity index (χ0n) is 5.89. The molecule has 0 aliphatic rings. The summed E-state index contributed by atoms with van der Waals surface area (Å²) in [5.41, 5.74) is 0.0417. The maximum absolute atomic E-state index is 12.0. The molecule has 1 aromatic carbocycles. The van der Waals surface area contributed by atoms with E-state index in [-0.39, 0.29) is 16.1 Å². The Morgan fingerprint density at radius 1 is 1.42 bits per heavy atom. The third kappa shape index (κ3) is 1.72. The van der Waals surface area contributed by atoms with Gasteiger partial charge in [-0.25, -0.2) is 8.78 Å². The molecule has 0 saturated heterocycles. The van der Waals surface area contributed by atoms with Gasteiger partial charge in [0, 0.05) is 5.56 Å². The zero-order valence-corrected chi connectivity index (χ0v) is 6.65. The van der Waals surface area contributed by atoms with Crippen LogP contribution in [0.5, 0.6) is 0 Å². The molecule has 1 rings (SSSR count). The van der Waals surface area contributed by atoms with Crippen molar-refractivity contribution in [1.29, 1.82) is 5.26 Å². The van der Waals surface area contributed by atoms with Crippen molar-refractivity contribution in [2.75, 3.05) is 0 Å². The lowest BCUT2D eigenvalue weighted by Crippen LogP contribution is -1.85. The molecule has 0 radical (unpaired) electrons. The summed E-state index contributed by atoms with van der Waals surface area (Å²) in [7, 11) is 0. The molecule has 0 fully saturated rings. The quantitative estimate of drug-likeness (QED) is 0.663. The van der Waals surface area contributed by atoms with Crippen molar-refractivity contribution in [2.24, 2.45) is 0 Å². The molecule has 12 heavy (non-hydrogen) atoms. The fourth-order valence-electron chi connectivity index (χ4n) is 0.758. The van der Waals surface area contributed by atoms with Gasteiger partial charge in [0.25, 0.3) is 6.43 Å². The minimum Gasteiger partial charge on any atom is -0.205 e. The molecule has 0 bridgehead atoms. The van der Waals surface area contributed by atoms with Crippen LogP contribution >= 0.6 is 11.6 Å². The Labute approximate surface area is 73.2 Å². The van der Waals surface area contributed by atoms with E-state index in [1.807, 2.05) is 0 Å². The van der Waals surface area contributed by atoms with Gasteiger partial charge in [-0.3, -0.25) is 0 Å².